The molecule has 0 aromatic rings. The molecule has 2 nitrogen and oxygen atoms in total. The highest BCUT2D eigenvalue weighted by Crippen LogP contribution is 0.879. The Morgan fingerprint density at radius 2 is 1.40 bits per heavy atom. The molecule has 3 N–H and O–H groups in total. The van der Waals surface area contributed by atoms with Crippen molar-refractivity contribution in [1.82, 2.24) is 0 Å². The zero-order valence-electron chi connectivity index (χ0n) is 2.65. The molecule has 0 unspecified atom stereocenters. The van der Waals surface area contributed by atoms with Crippen LogP contribution in [0.4, 0.5) is 0 Å². The van der Waals surface area contributed by atoms with Gasteiger partial charge in [0, 0.05) is 0 Å². The van der Waals surface area contributed by atoms with E-state index in [1.807, 2.05) is 0 Å². The summed E-state index contributed by atoms with van der Waals surface area (Å²) in [5.74, 6) is 0. The van der Waals surface area contributed by atoms with Crippen molar-refractivity contribution in [2.24, 2.45) is 5.73 Å². The third-order valence-electron chi connectivity index (χ3n) is 0. The van der Waals surface area contributed by atoms with E-state index in [-0.39, 0.29) is 27.0 Å². The van der Waals surface area contributed by atoms with Crippen molar-refractivity contribution in [1.29, 1.82) is 5.41 Å². The zero-order valence-corrected chi connectivity index (χ0v) is 4.65. The minimum absolute atomic E-state index is 0. The highest BCUT2D eigenvalue weighted by atomic mass is 32.1. The summed E-state index contributed by atoms with van der Waals surface area (Å²) in [5, 5.41) is 5.86. The van der Waals surface area contributed by atoms with Gasteiger partial charge in [0.1, 0.15) is 0 Å². The van der Waals surface area contributed by atoms with E-state index in [0.29, 0.717) is 0 Å². The van der Waals surface area contributed by atoms with Gasteiger partial charge in [-0.3, -0.25) is 5.41 Å². The molecule has 0 atom stereocenters. The molecule has 0 radical (unpaired) electrons. The second-order valence-electron chi connectivity index (χ2n) is 0.167. The molecule has 0 aliphatic heterocycles. The first-order chi connectivity index (χ1) is 1.41. The van der Waals surface area contributed by atoms with Crippen LogP contribution in [-0.2, 0) is 0 Å². The van der Waals surface area contributed by atoms with Crippen molar-refractivity contribution in [2.75, 3.05) is 0 Å². The van der Waals surface area contributed by atoms with Gasteiger partial charge in [0.25, 0.3) is 0 Å². The average molecular weight is 112 g/mol. The van der Waals surface area contributed by atoms with E-state index in [4.69, 9.17) is 5.41 Å². The van der Waals surface area contributed by atoms with Crippen LogP contribution in [0.15, 0.2) is 0 Å². The van der Waals surface area contributed by atoms with Crippen molar-refractivity contribution in [3.63, 3.8) is 0 Å². The Morgan fingerprint density at radius 3 is 1.40 bits per heavy atom. The van der Waals surface area contributed by atoms with E-state index in [0.717, 1.165) is 6.34 Å². The molecule has 0 aromatic carbocycles. The van der Waals surface area contributed by atoms with Crippen LogP contribution in [0.25, 0.3) is 0 Å². The molecule has 0 aromatic heterocycles. The summed E-state index contributed by atoms with van der Waals surface area (Å²) in [6.45, 7) is 0. The van der Waals surface area contributed by atoms with E-state index in [1.54, 1.807) is 0 Å². The summed E-state index contributed by atoms with van der Waals surface area (Å²) in [6, 6.07) is 0. The molecule has 0 amide bonds. The smallest absolute Gasteiger partial charge is 0.0765 e. The maximum atomic E-state index is 5.86. The summed E-state index contributed by atoms with van der Waals surface area (Å²) in [6.07, 6.45) is 0.750. The van der Waals surface area contributed by atoms with E-state index >= 15 is 0 Å². The number of rotatable bonds is 0. The summed E-state index contributed by atoms with van der Waals surface area (Å²) in [5.41, 5.74) is 4.39. The highest BCUT2D eigenvalue weighted by Gasteiger charge is 1.10. The van der Waals surface area contributed by atoms with Gasteiger partial charge in [0.05, 0.1) is 6.34 Å². The summed E-state index contributed by atoms with van der Waals surface area (Å²) >= 11 is 0. The van der Waals surface area contributed by atoms with Gasteiger partial charge in [0.15, 0.2) is 0 Å². The molecule has 0 spiro atoms. The van der Waals surface area contributed by atoms with Crippen LogP contribution < -0.4 is 5.73 Å². The van der Waals surface area contributed by atoms with Crippen LogP contribution >= 0.6 is 27.0 Å². The Hall–Kier alpha value is 0.170. The normalized spacial score (nSPS) is 2.40. The molecule has 0 fully saturated rings. The molecule has 0 saturated carbocycles. The summed E-state index contributed by atoms with van der Waals surface area (Å²) in [7, 11) is 0. The van der Waals surface area contributed by atoms with Gasteiger partial charge in [-0.05, 0) is 0 Å². The Kier molecular flexibility index (Phi) is 117. The first kappa shape index (κ1) is 19.1. The van der Waals surface area contributed by atoms with Crippen LogP contribution in [0, 0.1) is 5.41 Å². The summed E-state index contributed by atoms with van der Waals surface area (Å²) < 4.78 is 0. The molecular weight excluding hydrogens is 104 g/mol. The zero-order chi connectivity index (χ0) is 2.71. The average Bonchev–Trinajstić information content (AvgIpc) is 0.918. The second kappa shape index (κ2) is 30.6. The predicted octanol–water partition coefficient (Wildman–Crippen LogP) is -0.222. The quantitative estimate of drug-likeness (QED) is 0.330. The minimum Gasteiger partial charge on any atom is -0.390 e. The lowest BCUT2D eigenvalue weighted by Crippen LogP contribution is -1.81. The van der Waals surface area contributed by atoms with Crippen LogP contribution in [-0.4, -0.2) is 6.34 Å². The highest BCUT2D eigenvalue weighted by molar-refractivity contribution is 7.59. The van der Waals surface area contributed by atoms with Crippen molar-refractivity contribution in [3.8, 4) is 0 Å². The third kappa shape index (κ3) is 679. The van der Waals surface area contributed by atoms with E-state index in [2.05, 4.69) is 5.73 Å². The topological polar surface area (TPSA) is 49.9 Å². The minimum atomic E-state index is 0. The van der Waals surface area contributed by atoms with Gasteiger partial charge in [-0.1, -0.05) is 0 Å². The van der Waals surface area contributed by atoms with Crippen LogP contribution in [0.3, 0.4) is 0 Å². The molecule has 5 heavy (non-hydrogen) atoms. The lowest BCUT2D eigenvalue weighted by atomic mass is 11.4. The molecule has 0 aliphatic rings. The molecule has 34 valence electrons. The molecule has 0 bridgehead atoms. The summed E-state index contributed by atoms with van der Waals surface area (Å²) in [4.78, 5) is 0. The number of hydrogen-bond donors (Lipinski definition) is 2. The van der Waals surface area contributed by atoms with Crippen LogP contribution in [0.2, 0.25) is 0 Å². The Labute approximate surface area is 45.2 Å². The van der Waals surface area contributed by atoms with Gasteiger partial charge in [0.2, 0.25) is 0 Å². The fourth-order valence-corrected chi connectivity index (χ4v) is 0. The van der Waals surface area contributed by atoms with Crippen LogP contribution in [0.1, 0.15) is 0 Å². The van der Waals surface area contributed by atoms with E-state index in [9.17, 15) is 0 Å². The lowest BCUT2D eigenvalue weighted by Gasteiger charge is -1.38. The predicted molar refractivity (Wildman–Crippen MR) is 33.7 cm³/mol. The fourth-order valence-electron chi connectivity index (χ4n) is 0. The molecule has 0 rings (SSSR count). The SMILES string of the molecule is N=CN.S.S. The van der Waals surface area contributed by atoms with E-state index < -0.39 is 0 Å². The van der Waals surface area contributed by atoms with Crippen LogP contribution in [0.5, 0.6) is 0 Å². The molecule has 0 heterocycles. The monoisotopic (exact) mass is 112 g/mol. The number of nitrogens with two attached hydrogens (primary N) is 1. The fraction of sp³-hybridized carbons (Fsp3) is 0. The van der Waals surface area contributed by atoms with Crippen molar-refractivity contribution < 1.29 is 0 Å². The first-order valence-electron chi connectivity index (χ1n) is 0.622. The van der Waals surface area contributed by atoms with Crippen molar-refractivity contribution >= 4 is 33.3 Å². The van der Waals surface area contributed by atoms with Gasteiger partial charge >= 0.3 is 0 Å². The Morgan fingerprint density at radius 1 is 1.40 bits per heavy atom. The van der Waals surface area contributed by atoms with Gasteiger partial charge in [-0.2, -0.15) is 27.0 Å². The number of nitrogens with one attached hydrogen (secondary N) is 1. The maximum Gasteiger partial charge on any atom is 0.0765 e. The van der Waals surface area contributed by atoms with Gasteiger partial charge < -0.3 is 5.73 Å². The standard InChI is InChI=1S/CH4N2.2H2S/c2-1-3;;/h1H,(H3,2,3);2*1H2. The molecule has 4 heteroatoms. The van der Waals surface area contributed by atoms with Gasteiger partial charge in [-0.25, -0.2) is 0 Å². The lowest BCUT2D eigenvalue weighted by molar-refractivity contribution is 1.52. The third-order valence-corrected chi connectivity index (χ3v) is 0. The van der Waals surface area contributed by atoms with Gasteiger partial charge in [-0.15, -0.1) is 0 Å². The van der Waals surface area contributed by atoms with E-state index in [1.165, 1.54) is 0 Å². The van der Waals surface area contributed by atoms with Crippen molar-refractivity contribution in [3.05, 3.63) is 0 Å². The largest absolute Gasteiger partial charge is 0.390 e. The Balaban J connectivity index is -0.0000000200. The number of hydrogen-bond acceptors (Lipinski definition) is 1. The molecule has 0 aliphatic carbocycles. The Bertz CT molecular complexity index is 15.1. The molecule has 0 saturated heterocycles. The second-order valence-corrected chi connectivity index (χ2v) is 0.167. The maximum absolute atomic E-state index is 5.86. The molecular formula is CH8N2S2. The van der Waals surface area contributed by atoms with Crippen molar-refractivity contribution in [2.45, 2.75) is 0 Å². The first-order valence-corrected chi connectivity index (χ1v) is 0.622.